The van der Waals surface area contributed by atoms with Crippen LogP contribution in [0.3, 0.4) is 0 Å². The number of nitrogens with one attached hydrogen (secondary N) is 2. The molecule has 25 heavy (non-hydrogen) atoms. The van der Waals surface area contributed by atoms with Crippen molar-refractivity contribution < 1.29 is 23.9 Å². The first-order chi connectivity index (χ1) is 11.9. The summed E-state index contributed by atoms with van der Waals surface area (Å²) in [5.74, 6) is -2.61. The minimum Gasteiger partial charge on any atom is -0.480 e. The van der Waals surface area contributed by atoms with E-state index in [0.29, 0.717) is 11.3 Å². The Bertz CT molecular complexity index is 790. The van der Waals surface area contributed by atoms with E-state index in [1.807, 2.05) is 0 Å². The minimum absolute atomic E-state index is 0.00363. The number of hydrogen-bond acceptors (Lipinski definition) is 3. The number of carbonyl (C=O) groups excluding carboxylic acids is 2. The van der Waals surface area contributed by atoms with Crippen molar-refractivity contribution in [2.75, 3.05) is 5.32 Å². The SMILES string of the molecule is CC(=O)Nc1ccccc1C(=O)N[C@@H](Cc1ccc(F)cc1)C(=O)O. The molecule has 2 aromatic rings. The zero-order valence-corrected chi connectivity index (χ0v) is 13.5. The second-order valence-corrected chi connectivity index (χ2v) is 5.42. The van der Waals surface area contributed by atoms with Crippen LogP contribution in [-0.2, 0) is 16.0 Å². The number of aliphatic carboxylic acids is 1. The zero-order chi connectivity index (χ0) is 18.4. The van der Waals surface area contributed by atoms with Crippen LogP contribution in [0, 0.1) is 5.82 Å². The molecule has 0 aliphatic carbocycles. The highest BCUT2D eigenvalue weighted by Gasteiger charge is 2.22. The summed E-state index contributed by atoms with van der Waals surface area (Å²) in [6.45, 7) is 1.31. The molecule has 0 heterocycles. The van der Waals surface area contributed by atoms with E-state index in [9.17, 15) is 23.9 Å². The normalized spacial score (nSPS) is 11.4. The van der Waals surface area contributed by atoms with Crippen LogP contribution in [0.15, 0.2) is 48.5 Å². The van der Waals surface area contributed by atoms with E-state index in [1.54, 1.807) is 18.2 Å². The van der Waals surface area contributed by atoms with Gasteiger partial charge in [0.15, 0.2) is 0 Å². The number of rotatable bonds is 6. The summed E-state index contributed by atoms with van der Waals surface area (Å²) >= 11 is 0. The van der Waals surface area contributed by atoms with Crippen molar-refractivity contribution in [3.8, 4) is 0 Å². The fraction of sp³-hybridized carbons (Fsp3) is 0.167. The third-order valence-electron chi connectivity index (χ3n) is 3.44. The molecule has 1 atom stereocenters. The molecule has 130 valence electrons. The van der Waals surface area contributed by atoms with Crippen LogP contribution < -0.4 is 10.6 Å². The Morgan fingerprint density at radius 2 is 1.72 bits per heavy atom. The Morgan fingerprint density at radius 3 is 2.32 bits per heavy atom. The lowest BCUT2D eigenvalue weighted by Gasteiger charge is -2.16. The number of anilines is 1. The van der Waals surface area contributed by atoms with E-state index in [1.165, 1.54) is 37.3 Å². The standard InChI is InChI=1S/C18H17FN2O4/c1-11(22)20-15-5-3-2-4-14(15)17(23)21-16(18(24)25)10-12-6-8-13(19)9-7-12/h2-9,16H,10H2,1H3,(H,20,22)(H,21,23)(H,24,25)/t16-/m0/s1. The second-order valence-electron chi connectivity index (χ2n) is 5.42. The van der Waals surface area contributed by atoms with Crippen molar-refractivity contribution >= 4 is 23.5 Å². The van der Waals surface area contributed by atoms with Gasteiger partial charge in [-0.3, -0.25) is 9.59 Å². The lowest BCUT2D eigenvalue weighted by atomic mass is 10.0. The van der Waals surface area contributed by atoms with Crippen molar-refractivity contribution in [3.63, 3.8) is 0 Å². The number of hydrogen-bond donors (Lipinski definition) is 3. The summed E-state index contributed by atoms with van der Waals surface area (Å²) in [5, 5.41) is 14.3. The van der Waals surface area contributed by atoms with Gasteiger partial charge in [-0.1, -0.05) is 24.3 Å². The molecule has 0 spiro atoms. The Labute approximate surface area is 143 Å². The quantitative estimate of drug-likeness (QED) is 0.749. The van der Waals surface area contributed by atoms with E-state index >= 15 is 0 Å². The van der Waals surface area contributed by atoms with Crippen molar-refractivity contribution in [2.24, 2.45) is 0 Å². The van der Waals surface area contributed by atoms with Gasteiger partial charge in [-0.15, -0.1) is 0 Å². The van der Waals surface area contributed by atoms with Crippen LogP contribution in [-0.4, -0.2) is 28.9 Å². The van der Waals surface area contributed by atoms with Crippen LogP contribution in [0.4, 0.5) is 10.1 Å². The third-order valence-corrected chi connectivity index (χ3v) is 3.44. The maximum Gasteiger partial charge on any atom is 0.326 e. The van der Waals surface area contributed by atoms with E-state index in [2.05, 4.69) is 10.6 Å². The molecule has 0 aliphatic rings. The molecule has 6 nitrogen and oxygen atoms in total. The fourth-order valence-corrected chi connectivity index (χ4v) is 2.27. The predicted octanol–water partition coefficient (Wildman–Crippen LogP) is 2.21. The largest absolute Gasteiger partial charge is 0.480 e. The molecule has 2 aromatic carbocycles. The molecule has 2 rings (SSSR count). The first-order valence-corrected chi connectivity index (χ1v) is 7.51. The number of para-hydroxylation sites is 1. The second kappa shape index (κ2) is 8.05. The average Bonchev–Trinajstić information content (AvgIpc) is 2.56. The van der Waals surface area contributed by atoms with Crippen LogP contribution in [0.25, 0.3) is 0 Å². The number of benzene rings is 2. The van der Waals surface area contributed by atoms with Gasteiger partial charge >= 0.3 is 5.97 Å². The summed E-state index contributed by atoms with van der Waals surface area (Å²) in [4.78, 5) is 35.1. The van der Waals surface area contributed by atoms with Crippen molar-refractivity contribution in [1.82, 2.24) is 5.32 Å². The van der Waals surface area contributed by atoms with Crippen LogP contribution >= 0.6 is 0 Å². The van der Waals surface area contributed by atoms with Crippen LogP contribution in [0.1, 0.15) is 22.8 Å². The Morgan fingerprint density at radius 1 is 1.08 bits per heavy atom. The molecule has 0 saturated carbocycles. The maximum atomic E-state index is 12.9. The van der Waals surface area contributed by atoms with Crippen molar-refractivity contribution in [1.29, 1.82) is 0 Å². The van der Waals surface area contributed by atoms with Crippen LogP contribution in [0.5, 0.6) is 0 Å². The van der Waals surface area contributed by atoms with Gasteiger partial charge in [-0.2, -0.15) is 0 Å². The van der Waals surface area contributed by atoms with Gasteiger partial charge < -0.3 is 15.7 Å². The molecule has 0 aromatic heterocycles. The van der Waals surface area contributed by atoms with E-state index in [0.717, 1.165) is 0 Å². The summed E-state index contributed by atoms with van der Waals surface area (Å²) in [7, 11) is 0. The van der Waals surface area contributed by atoms with E-state index in [4.69, 9.17) is 0 Å². The number of carboxylic acids is 1. The molecule has 0 fully saturated rings. The Hall–Kier alpha value is -3.22. The number of carboxylic acid groups (broad SMARTS) is 1. The average molecular weight is 344 g/mol. The molecule has 0 bridgehead atoms. The monoisotopic (exact) mass is 344 g/mol. The lowest BCUT2D eigenvalue weighted by molar-refractivity contribution is -0.139. The molecular weight excluding hydrogens is 327 g/mol. The van der Waals surface area contributed by atoms with Gasteiger partial charge in [0, 0.05) is 13.3 Å². The lowest BCUT2D eigenvalue weighted by Crippen LogP contribution is -2.42. The predicted molar refractivity (Wildman–Crippen MR) is 89.7 cm³/mol. The molecule has 0 unspecified atom stereocenters. The highest BCUT2D eigenvalue weighted by Crippen LogP contribution is 2.15. The molecule has 7 heteroatoms. The summed E-state index contributed by atoms with van der Waals surface area (Å²) < 4.78 is 12.9. The maximum absolute atomic E-state index is 12.9. The van der Waals surface area contributed by atoms with Gasteiger partial charge in [-0.05, 0) is 29.8 Å². The smallest absolute Gasteiger partial charge is 0.326 e. The Kier molecular flexibility index (Phi) is 5.84. The molecule has 0 aliphatic heterocycles. The third kappa shape index (κ3) is 5.13. The number of halogens is 1. The summed E-state index contributed by atoms with van der Waals surface area (Å²) in [5.41, 5.74) is 1.02. The highest BCUT2D eigenvalue weighted by atomic mass is 19.1. The fourth-order valence-electron chi connectivity index (χ4n) is 2.27. The first kappa shape index (κ1) is 18.1. The molecule has 3 N–H and O–H groups in total. The van der Waals surface area contributed by atoms with Gasteiger partial charge in [0.05, 0.1) is 11.3 Å². The summed E-state index contributed by atoms with van der Waals surface area (Å²) in [6, 6.07) is 10.5. The summed E-state index contributed by atoms with van der Waals surface area (Å²) in [6.07, 6.45) is 0.00363. The van der Waals surface area contributed by atoms with Gasteiger partial charge in [-0.25, -0.2) is 9.18 Å². The molecule has 0 radical (unpaired) electrons. The minimum atomic E-state index is -1.21. The van der Waals surface area contributed by atoms with E-state index < -0.39 is 23.7 Å². The number of carbonyl (C=O) groups is 3. The topological polar surface area (TPSA) is 95.5 Å². The highest BCUT2D eigenvalue weighted by molar-refractivity contribution is 6.04. The molecule has 2 amide bonds. The Balaban J connectivity index is 2.17. The van der Waals surface area contributed by atoms with Gasteiger partial charge in [0.1, 0.15) is 11.9 Å². The molecule has 0 saturated heterocycles. The van der Waals surface area contributed by atoms with E-state index in [-0.39, 0.29) is 17.9 Å². The van der Waals surface area contributed by atoms with Crippen LogP contribution in [0.2, 0.25) is 0 Å². The van der Waals surface area contributed by atoms with Gasteiger partial charge in [0.25, 0.3) is 5.91 Å². The zero-order valence-electron chi connectivity index (χ0n) is 13.5. The van der Waals surface area contributed by atoms with Crippen molar-refractivity contribution in [3.05, 3.63) is 65.5 Å². The van der Waals surface area contributed by atoms with Crippen molar-refractivity contribution in [2.45, 2.75) is 19.4 Å². The molecular formula is C18H17FN2O4. The first-order valence-electron chi connectivity index (χ1n) is 7.51. The number of amides is 2. The van der Waals surface area contributed by atoms with Gasteiger partial charge in [0.2, 0.25) is 5.91 Å².